The van der Waals surface area contributed by atoms with Gasteiger partial charge in [-0.05, 0) is 36.9 Å². The summed E-state index contributed by atoms with van der Waals surface area (Å²) in [5.74, 6) is 0.203. The quantitative estimate of drug-likeness (QED) is 0.845. The van der Waals surface area contributed by atoms with Crippen molar-refractivity contribution in [3.63, 3.8) is 0 Å². The highest BCUT2D eigenvalue weighted by Crippen LogP contribution is 2.21. The Balaban J connectivity index is 1.89. The first-order valence-corrected chi connectivity index (χ1v) is 6.72. The lowest BCUT2D eigenvalue weighted by atomic mass is 9.91. The van der Waals surface area contributed by atoms with Crippen LogP contribution in [-0.2, 0) is 12.8 Å². The lowest BCUT2D eigenvalue weighted by Crippen LogP contribution is -2.35. The number of hydrogen-bond acceptors (Lipinski definition) is 1. The topological polar surface area (TPSA) is 12.0 Å². The van der Waals surface area contributed by atoms with Crippen LogP contribution in [0.5, 0.6) is 0 Å². The smallest absolute Gasteiger partial charge is 0.108 e. The second kappa shape index (κ2) is 6.15. The van der Waals surface area contributed by atoms with Crippen LogP contribution in [0.3, 0.4) is 0 Å². The first-order chi connectivity index (χ1) is 8.29. The first kappa shape index (κ1) is 12.6. The highest BCUT2D eigenvalue weighted by molar-refractivity contribution is 5.23. The standard InChI is InChI=1S/C15H22FN/c1-2-12-5-7-13(8-6-12)10-15(16)14-4-3-9-17-11-14/h5-8,14-15,17H,2-4,9-11H2,1H3. The maximum Gasteiger partial charge on any atom is 0.108 e. The zero-order chi connectivity index (χ0) is 12.1. The van der Waals surface area contributed by atoms with E-state index in [0.29, 0.717) is 6.42 Å². The molecule has 94 valence electrons. The van der Waals surface area contributed by atoms with Gasteiger partial charge in [-0.15, -0.1) is 0 Å². The SMILES string of the molecule is CCc1ccc(CC(F)C2CCCNC2)cc1. The molecule has 0 radical (unpaired) electrons. The summed E-state index contributed by atoms with van der Waals surface area (Å²) in [6.45, 7) is 4.03. The summed E-state index contributed by atoms with van der Waals surface area (Å²) in [6.07, 6.45) is 3.05. The molecule has 1 nitrogen and oxygen atoms in total. The molecule has 1 aliphatic heterocycles. The van der Waals surface area contributed by atoms with E-state index in [0.717, 1.165) is 37.9 Å². The largest absolute Gasteiger partial charge is 0.316 e. The van der Waals surface area contributed by atoms with Gasteiger partial charge in [0.2, 0.25) is 0 Å². The molecule has 2 heteroatoms. The van der Waals surface area contributed by atoms with E-state index in [2.05, 4.69) is 36.5 Å². The molecule has 1 N–H and O–H groups in total. The molecule has 1 heterocycles. The minimum absolute atomic E-state index is 0.203. The molecule has 0 aromatic heterocycles. The lowest BCUT2D eigenvalue weighted by Gasteiger charge is -2.25. The number of piperidine rings is 1. The lowest BCUT2D eigenvalue weighted by molar-refractivity contribution is 0.191. The monoisotopic (exact) mass is 235 g/mol. The van der Waals surface area contributed by atoms with E-state index in [1.165, 1.54) is 5.56 Å². The fourth-order valence-corrected chi connectivity index (χ4v) is 2.49. The van der Waals surface area contributed by atoms with E-state index >= 15 is 0 Å². The average Bonchev–Trinajstić information content (AvgIpc) is 2.40. The third-order valence-corrected chi connectivity index (χ3v) is 3.71. The Morgan fingerprint density at radius 1 is 1.29 bits per heavy atom. The van der Waals surface area contributed by atoms with Crippen LogP contribution in [0.2, 0.25) is 0 Å². The summed E-state index contributed by atoms with van der Waals surface area (Å²) in [5.41, 5.74) is 2.45. The average molecular weight is 235 g/mol. The van der Waals surface area contributed by atoms with Crippen molar-refractivity contribution >= 4 is 0 Å². The summed E-state index contributed by atoms with van der Waals surface area (Å²) in [4.78, 5) is 0. The van der Waals surface area contributed by atoms with Gasteiger partial charge in [0.25, 0.3) is 0 Å². The van der Waals surface area contributed by atoms with Crippen LogP contribution in [0.4, 0.5) is 4.39 Å². The summed E-state index contributed by atoms with van der Waals surface area (Å²) < 4.78 is 14.1. The van der Waals surface area contributed by atoms with Crippen LogP contribution in [0.25, 0.3) is 0 Å². The molecule has 0 bridgehead atoms. The van der Waals surface area contributed by atoms with Crippen LogP contribution in [-0.4, -0.2) is 19.3 Å². The van der Waals surface area contributed by atoms with Gasteiger partial charge in [0.1, 0.15) is 6.17 Å². The minimum Gasteiger partial charge on any atom is -0.316 e. The highest BCUT2D eigenvalue weighted by Gasteiger charge is 2.23. The van der Waals surface area contributed by atoms with Crippen molar-refractivity contribution in [3.8, 4) is 0 Å². The van der Waals surface area contributed by atoms with E-state index < -0.39 is 6.17 Å². The van der Waals surface area contributed by atoms with Crippen LogP contribution >= 0.6 is 0 Å². The van der Waals surface area contributed by atoms with Crippen LogP contribution < -0.4 is 5.32 Å². The van der Waals surface area contributed by atoms with Gasteiger partial charge in [-0.1, -0.05) is 31.2 Å². The van der Waals surface area contributed by atoms with Crippen LogP contribution in [0.15, 0.2) is 24.3 Å². The molecular weight excluding hydrogens is 213 g/mol. The highest BCUT2D eigenvalue weighted by atomic mass is 19.1. The zero-order valence-corrected chi connectivity index (χ0v) is 10.6. The zero-order valence-electron chi connectivity index (χ0n) is 10.6. The fraction of sp³-hybridized carbons (Fsp3) is 0.600. The number of benzene rings is 1. The van der Waals surface area contributed by atoms with Crippen molar-refractivity contribution < 1.29 is 4.39 Å². The van der Waals surface area contributed by atoms with E-state index in [4.69, 9.17) is 0 Å². The van der Waals surface area contributed by atoms with Gasteiger partial charge >= 0.3 is 0 Å². The Morgan fingerprint density at radius 2 is 2.00 bits per heavy atom. The van der Waals surface area contributed by atoms with Gasteiger partial charge in [0.15, 0.2) is 0 Å². The van der Waals surface area contributed by atoms with E-state index in [1.807, 2.05) is 0 Å². The summed E-state index contributed by atoms with van der Waals surface area (Å²) >= 11 is 0. The van der Waals surface area contributed by atoms with E-state index in [9.17, 15) is 4.39 Å². The molecule has 0 spiro atoms. The van der Waals surface area contributed by atoms with Crippen molar-refractivity contribution in [1.29, 1.82) is 0 Å². The van der Waals surface area contributed by atoms with Gasteiger partial charge in [0, 0.05) is 18.9 Å². The molecule has 0 aliphatic carbocycles. The van der Waals surface area contributed by atoms with Gasteiger partial charge in [-0.3, -0.25) is 0 Å². The normalized spacial score (nSPS) is 22.4. The second-order valence-corrected chi connectivity index (χ2v) is 5.00. The molecular formula is C15H22FN. The molecule has 1 aromatic rings. The Bertz CT molecular complexity index is 327. The number of halogens is 1. The fourth-order valence-electron chi connectivity index (χ4n) is 2.49. The van der Waals surface area contributed by atoms with Crippen LogP contribution in [0, 0.1) is 5.92 Å². The predicted molar refractivity (Wildman–Crippen MR) is 70.0 cm³/mol. The van der Waals surface area contributed by atoms with Crippen molar-refractivity contribution in [2.24, 2.45) is 5.92 Å². The maximum atomic E-state index is 14.1. The van der Waals surface area contributed by atoms with Crippen molar-refractivity contribution in [2.75, 3.05) is 13.1 Å². The third kappa shape index (κ3) is 3.53. The predicted octanol–water partition coefficient (Wildman–Crippen LogP) is 3.13. The van der Waals surface area contributed by atoms with Crippen molar-refractivity contribution in [2.45, 2.75) is 38.8 Å². The number of hydrogen-bond donors (Lipinski definition) is 1. The molecule has 2 atom stereocenters. The first-order valence-electron chi connectivity index (χ1n) is 6.72. The molecule has 2 unspecified atom stereocenters. The van der Waals surface area contributed by atoms with E-state index in [1.54, 1.807) is 0 Å². The Kier molecular flexibility index (Phi) is 4.55. The maximum absolute atomic E-state index is 14.1. The molecule has 1 aliphatic rings. The third-order valence-electron chi connectivity index (χ3n) is 3.71. The molecule has 0 saturated carbocycles. The summed E-state index contributed by atoms with van der Waals surface area (Å²) in [7, 11) is 0. The van der Waals surface area contributed by atoms with Gasteiger partial charge in [-0.2, -0.15) is 0 Å². The van der Waals surface area contributed by atoms with Gasteiger partial charge in [0.05, 0.1) is 0 Å². The summed E-state index contributed by atoms with van der Waals surface area (Å²) in [6, 6.07) is 8.37. The second-order valence-electron chi connectivity index (χ2n) is 5.00. The molecule has 1 aromatic carbocycles. The molecule has 17 heavy (non-hydrogen) atoms. The molecule has 1 fully saturated rings. The van der Waals surface area contributed by atoms with Gasteiger partial charge in [-0.25, -0.2) is 4.39 Å². The minimum atomic E-state index is -0.699. The summed E-state index contributed by atoms with van der Waals surface area (Å²) in [5, 5.41) is 3.28. The molecule has 2 rings (SSSR count). The van der Waals surface area contributed by atoms with E-state index in [-0.39, 0.29) is 5.92 Å². The Hall–Kier alpha value is -0.890. The number of aryl methyl sites for hydroxylation is 1. The Morgan fingerprint density at radius 3 is 2.59 bits per heavy atom. The van der Waals surface area contributed by atoms with Crippen LogP contribution in [0.1, 0.15) is 30.9 Å². The Labute approximate surface area is 103 Å². The number of nitrogens with one attached hydrogen (secondary N) is 1. The number of alkyl halides is 1. The number of rotatable bonds is 4. The van der Waals surface area contributed by atoms with Crippen molar-refractivity contribution in [1.82, 2.24) is 5.32 Å². The molecule has 1 saturated heterocycles. The van der Waals surface area contributed by atoms with Gasteiger partial charge < -0.3 is 5.32 Å². The van der Waals surface area contributed by atoms with Crippen molar-refractivity contribution in [3.05, 3.63) is 35.4 Å². The molecule has 0 amide bonds.